The fourth-order valence-electron chi connectivity index (χ4n) is 2.44. The molecule has 0 aliphatic carbocycles. The number of hydrogen-bond acceptors (Lipinski definition) is 5. The number of amidine groups is 1. The minimum Gasteiger partial charge on any atom is -0.507 e. The molecule has 2 aromatic rings. The largest absolute Gasteiger partial charge is 0.507 e. The predicted octanol–water partition coefficient (Wildman–Crippen LogP) is 3.71. The monoisotopic (exact) mass is 368 g/mol. The lowest BCUT2D eigenvalue weighted by Crippen LogP contribution is -2.28. The number of nitrogens with zero attached hydrogens (tertiary/aromatic N) is 2. The number of amides is 1. The maximum atomic E-state index is 12.6. The number of benzene rings is 2. The van der Waals surface area contributed by atoms with Gasteiger partial charge in [0.1, 0.15) is 5.75 Å². The van der Waals surface area contributed by atoms with E-state index >= 15 is 0 Å². The zero-order chi connectivity index (χ0) is 18.7. The summed E-state index contributed by atoms with van der Waals surface area (Å²) in [6, 6.07) is 13.0. The van der Waals surface area contributed by atoms with Crippen molar-refractivity contribution in [3.63, 3.8) is 0 Å². The summed E-state index contributed by atoms with van der Waals surface area (Å²) in [4.78, 5) is 30.1. The molecule has 6 nitrogen and oxygen atoms in total. The number of aromatic hydroxyl groups is 1. The first kappa shape index (κ1) is 17.8. The molecule has 1 saturated heterocycles. The van der Waals surface area contributed by atoms with Crippen LogP contribution in [0.2, 0.25) is 0 Å². The van der Waals surface area contributed by atoms with Gasteiger partial charge in [0, 0.05) is 12.1 Å². The molecule has 26 heavy (non-hydrogen) atoms. The van der Waals surface area contributed by atoms with Crippen molar-refractivity contribution in [1.82, 2.24) is 4.90 Å². The van der Waals surface area contributed by atoms with E-state index in [-0.39, 0.29) is 17.2 Å². The number of likely N-dealkylation sites (N-methyl/N-ethyl adjacent to an activating group) is 1. The average Bonchev–Trinajstić information content (AvgIpc) is 2.91. The molecule has 1 aliphatic rings. The zero-order valence-corrected chi connectivity index (χ0v) is 14.7. The van der Waals surface area contributed by atoms with Gasteiger partial charge in [-0.3, -0.25) is 9.69 Å². The maximum Gasteiger partial charge on any atom is 0.335 e. The Morgan fingerprint density at radius 1 is 1.23 bits per heavy atom. The van der Waals surface area contributed by atoms with Crippen LogP contribution in [0.3, 0.4) is 0 Å². The predicted molar refractivity (Wildman–Crippen MR) is 102 cm³/mol. The van der Waals surface area contributed by atoms with Gasteiger partial charge in [-0.1, -0.05) is 24.3 Å². The first-order chi connectivity index (χ1) is 12.5. The van der Waals surface area contributed by atoms with Crippen LogP contribution in [0.25, 0.3) is 6.08 Å². The van der Waals surface area contributed by atoms with Crippen LogP contribution in [-0.2, 0) is 4.79 Å². The van der Waals surface area contributed by atoms with Crippen LogP contribution in [0.15, 0.2) is 58.4 Å². The summed E-state index contributed by atoms with van der Waals surface area (Å²) >= 11 is 1.19. The molecule has 0 spiro atoms. The highest BCUT2D eigenvalue weighted by atomic mass is 32.2. The number of thioether (sulfide) groups is 1. The van der Waals surface area contributed by atoms with Crippen molar-refractivity contribution >= 4 is 40.6 Å². The van der Waals surface area contributed by atoms with Gasteiger partial charge in [0.05, 0.1) is 16.2 Å². The third-order valence-corrected chi connectivity index (χ3v) is 4.75. The molecular formula is C19H16N2O4S. The van der Waals surface area contributed by atoms with Crippen LogP contribution >= 0.6 is 11.8 Å². The molecule has 3 rings (SSSR count). The van der Waals surface area contributed by atoms with E-state index in [1.165, 1.54) is 28.8 Å². The molecule has 0 saturated carbocycles. The number of carbonyl (C=O) groups is 2. The highest BCUT2D eigenvalue weighted by molar-refractivity contribution is 8.18. The van der Waals surface area contributed by atoms with Crippen molar-refractivity contribution < 1.29 is 19.8 Å². The van der Waals surface area contributed by atoms with Crippen LogP contribution in [-0.4, -0.2) is 38.7 Å². The number of rotatable bonds is 4. The third kappa shape index (κ3) is 3.62. The average molecular weight is 368 g/mol. The standard InChI is InChI=1S/C19H16N2O4S/c1-2-21-17(23)16(11-12-6-3-4-9-15(12)22)26-19(21)20-14-8-5-7-13(10-14)18(24)25/h3-11,22H,2H2,1H3,(H,24,25)/b16-11+,20-19?. The molecule has 7 heteroatoms. The Morgan fingerprint density at radius 3 is 2.69 bits per heavy atom. The molecule has 1 fully saturated rings. The zero-order valence-electron chi connectivity index (χ0n) is 13.9. The van der Waals surface area contributed by atoms with Gasteiger partial charge in [-0.15, -0.1) is 0 Å². The van der Waals surface area contributed by atoms with Crippen LogP contribution in [0.4, 0.5) is 5.69 Å². The molecule has 0 unspecified atom stereocenters. The molecule has 1 aliphatic heterocycles. The highest BCUT2D eigenvalue weighted by Crippen LogP contribution is 2.35. The van der Waals surface area contributed by atoms with Gasteiger partial charge in [0.2, 0.25) is 0 Å². The van der Waals surface area contributed by atoms with E-state index in [0.717, 1.165) is 0 Å². The number of phenols is 1. The molecule has 0 aromatic heterocycles. The van der Waals surface area contributed by atoms with E-state index in [0.29, 0.717) is 27.9 Å². The molecule has 132 valence electrons. The van der Waals surface area contributed by atoms with Crippen LogP contribution in [0.5, 0.6) is 5.75 Å². The molecule has 0 radical (unpaired) electrons. The number of hydrogen-bond donors (Lipinski definition) is 2. The van der Waals surface area contributed by atoms with Crippen molar-refractivity contribution in [3.05, 3.63) is 64.6 Å². The molecule has 1 heterocycles. The van der Waals surface area contributed by atoms with Crippen molar-refractivity contribution in [3.8, 4) is 5.75 Å². The SMILES string of the molecule is CCN1C(=O)/C(=C\c2ccccc2O)SC1=Nc1cccc(C(=O)O)c1. The Morgan fingerprint density at radius 2 is 2.00 bits per heavy atom. The van der Waals surface area contributed by atoms with Crippen molar-refractivity contribution in [2.24, 2.45) is 4.99 Å². The first-order valence-corrected chi connectivity index (χ1v) is 8.72. The molecule has 0 bridgehead atoms. The van der Waals surface area contributed by atoms with E-state index < -0.39 is 5.97 Å². The van der Waals surface area contributed by atoms with Crippen molar-refractivity contribution in [2.75, 3.05) is 6.54 Å². The summed E-state index contributed by atoms with van der Waals surface area (Å²) < 4.78 is 0. The van der Waals surface area contributed by atoms with E-state index in [2.05, 4.69) is 4.99 Å². The van der Waals surface area contributed by atoms with E-state index in [4.69, 9.17) is 5.11 Å². The number of aromatic carboxylic acids is 1. The molecule has 2 aromatic carbocycles. The summed E-state index contributed by atoms with van der Waals surface area (Å²) in [6.45, 7) is 2.27. The van der Waals surface area contributed by atoms with E-state index in [9.17, 15) is 14.7 Å². The third-order valence-electron chi connectivity index (χ3n) is 3.75. The second kappa shape index (κ2) is 7.45. The van der Waals surface area contributed by atoms with E-state index in [1.807, 2.05) is 6.92 Å². The lowest BCUT2D eigenvalue weighted by Gasteiger charge is -2.12. The first-order valence-electron chi connectivity index (χ1n) is 7.91. The normalized spacial score (nSPS) is 17.3. The Balaban J connectivity index is 1.96. The summed E-state index contributed by atoms with van der Waals surface area (Å²) in [5.41, 5.74) is 1.14. The number of aliphatic imine (C=N–C) groups is 1. The Hall–Kier alpha value is -3.06. The lowest BCUT2D eigenvalue weighted by atomic mass is 10.2. The lowest BCUT2D eigenvalue weighted by molar-refractivity contribution is -0.122. The molecule has 0 atom stereocenters. The van der Waals surface area contributed by atoms with Gasteiger partial charge < -0.3 is 10.2 Å². The number of carboxylic acid groups (broad SMARTS) is 1. The minimum atomic E-state index is -1.03. The Bertz CT molecular complexity index is 937. The van der Waals surface area contributed by atoms with Gasteiger partial charge in [-0.2, -0.15) is 0 Å². The van der Waals surface area contributed by atoms with Crippen molar-refractivity contribution in [1.29, 1.82) is 0 Å². The van der Waals surface area contributed by atoms with Crippen LogP contribution < -0.4 is 0 Å². The topological polar surface area (TPSA) is 90.2 Å². The van der Waals surface area contributed by atoms with Gasteiger partial charge in [-0.05, 0) is 49.0 Å². The fraction of sp³-hybridized carbons (Fsp3) is 0.105. The molecule has 2 N–H and O–H groups in total. The summed E-state index contributed by atoms with van der Waals surface area (Å²) in [5.74, 6) is -1.14. The van der Waals surface area contributed by atoms with Crippen LogP contribution in [0, 0.1) is 0 Å². The van der Waals surface area contributed by atoms with Gasteiger partial charge in [0.15, 0.2) is 5.17 Å². The fourth-order valence-corrected chi connectivity index (χ4v) is 3.49. The second-order valence-corrected chi connectivity index (χ2v) is 6.48. The number of para-hydroxylation sites is 1. The quantitative estimate of drug-likeness (QED) is 0.803. The number of carboxylic acids is 1. The van der Waals surface area contributed by atoms with Gasteiger partial charge in [-0.25, -0.2) is 9.79 Å². The van der Waals surface area contributed by atoms with Gasteiger partial charge in [0.25, 0.3) is 5.91 Å². The maximum absolute atomic E-state index is 12.6. The summed E-state index contributed by atoms with van der Waals surface area (Å²) in [6.07, 6.45) is 1.63. The highest BCUT2D eigenvalue weighted by Gasteiger charge is 2.32. The van der Waals surface area contributed by atoms with Crippen LogP contribution in [0.1, 0.15) is 22.8 Å². The molecule has 1 amide bonds. The number of carbonyl (C=O) groups excluding carboxylic acids is 1. The Labute approximate surface area is 154 Å². The minimum absolute atomic E-state index is 0.0935. The smallest absolute Gasteiger partial charge is 0.335 e. The summed E-state index contributed by atoms with van der Waals surface area (Å²) in [7, 11) is 0. The molecular weight excluding hydrogens is 352 g/mol. The second-order valence-electron chi connectivity index (χ2n) is 5.47. The summed E-state index contributed by atoms with van der Waals surface area (Å²) in [5, 5.41) is 19.5. The van der Waals surface area contributed by atoms with Crippen molar-refractivity contribution in [2.45, 2.75) is 6.92 Å². The van der Waals surface area contributed by atoms with E-state index in [1.54, 1.807) is 42.5 Å². The number of phenolic OH excluding ortho intramolecular Hbond substituents is 1. The van der Waals surface area contributed by atoms with Gasteiger partial charge >= 0.3 is 5.97 Å². The Kier molecular flexibility index (Phi) is 5.09.